The molecule has 0 bridgehead atoms. The fourth-order valence-electron chi connectivity index (χ4n) is 8.01. The van der Waals surface area contributed by atoms with E-state index >= 15 is 0 Å². The van der Waals surface area contributed by atoms with Crippen molar-refractivity contribution >= 4 is 47.0 Å². The predicted octanol–water partition coefficient (Wildman–Crippen LogP) is 3.24. The second kappa shape index (κ2) is 30.1. The molecule has 1 aromatic heterocycles. The number of piperidine rings is 1. The number of ether oxygens (including phenoxy) is 5. The van der Waals surface area contributed by atoms with Gasteiger partial charge in [0.2, 0.25) is 18.1 Å². The maximum absolute atomic E-state index is 13.2. The molecule has 3 aromatic rings. The molecule has 2 saturated heterocycles. The first-order valence-electron chi connectivity index (χ1n) is 24.3. The van der Waals surface area contributed by atoms with Crippen molar-refractivity contribution in [2.45, 2.75) is 108 Å². The monoisotopic (exact) mass is 989 g/mol. The van der Waals surface area contributed by atoms with E-state index in [1.165, 1.54) is 13.0 Å². The number of nitrogens with zero attached hydrogens (tertiary/aromatic N) is 2. The first-order valence-corrected chi connectivity index (χ1v) is 24.3. The SMILES string of the molecule is CC(=O)CCOCCOCCOCCC(=O)NCCC(=O)Nc1cc(C[n+]2cccc(/C=C/C(=O)CCCCCC3CCN(C(=O)c4ccccc4)CC3)c2)ccc1O[C@@H]1O[C@H](C(=O)O)[C@@H](O)[C@H](O)[C@H]1O. The third-order valence-corrected chi connectivity index (χ3v) is 12.0. The zero-order valence-electron chi connectivity index (χ0n) is 40.4. The topological polar surface area (TPSA) is 261 Å². The van der Waals surface area contributed by atoms with Crippen molar-refractivity contribution in [2.75, 3.05) is 64.6 Å². The molecule has 2 fully saturated rings. The number of aliphatic hydroxyl groups excluding tert-OH is 3. The third kappa shape index (κ3) is 19.7. The molecule has 2 aliphatic heterocycles. The molecular weight excluding hydrogens is 921 g/mol. The molecule has 71 heavy (non-hydrogen) atoms. The highest BCUT2D eigenvalue weighted by Crippen LogP contribution is 2.31. The summed E-state index contributed by atoms with van der Waals surface area (Å²) in [7, 11) is 0. The van der Waals surface area contributed by atoms with Crippen LogP contribution in [0.4, 0.5) is 5.69 Å². The van der Waals surface area contributed by atoms with Crippen LogP contribution in [0.5, 0.6) is 5.75 Å². The summed E-state index contributed by atoms with van der Waals surface area (Å²) in [5.41, 5.74) is 2.31. The fraction of sp³-hybridized carbons (Fsp3) is 0.519. The van der Waals surface area contributed by atoms with Crippen molar-refractivity contribution in [3.05, 3.63) is 95.8 Å². The van der Waals surface area contributed by atoms with Crippen LogP contribution in [0, 0.1) is 5.92 Å². The van der Waals surface area contributed by atoms with Crippen molar-refractivity contribution < 1.29 is 77.4 Å². The van der Waals surface area contributed by atoms with E-state index < -0.39 is 42.6 Å². The minimum atomic E-state index is -1.93. The van der Waals surface area contributed by atoms with E-state index in [0.717, 1.165) is 62.7 Å². The lowest BCUT2D eigenvalue weighted by atomic mass is 9.90. The van der Waals surface area contributed by atoms with Crippen LogP contribution in [-0.2, 0) is 49.5 Å². The van der Waals surface area contributed by atoms with E-state index in [1.807, 2.05) is 64.3 Å². The second-order valence-corrected chi connectivity index (χ2v) is 17.7. The Hall–Kier alpha value is -5.93. The van der Waals surface area contributed by atoms with Gasteiger partial charge in [-0.05, 0) is 80.7 Å². The largest absolute Gasteiger partial charge is 0.479 e. The zero-order valence-corrected chi connectivity index (χ0v) is 40.4. The Morgan fingerprint density at radius 1 is 0.775 bits per heavy atom. The number of hydrogen-bond acceptors (Lipinski definition) is 14. The summed E-state index contributed by atoms with van der Waals surface area (Å²) in [5, 5.41) is 46.1. The summed E-state index contributed by atoms with van der Waals surface area (Å²) in [4.78, 5) is 75.8. The van der Waals surface area contributed by atoms with Crippen molar-refractivity contribution in [3.8, 4) is 5.75 Å². The number of aliphatic carboxylic acids is 1. The Kier molecular flexibility index (Phi) is 23.7. The lowest BCUT2D eigenvalue weighted by Gasteiger charge is -2.38. The number of benzene rings is 2. The molecular formula is C52H69N4O15+. The van der Waals surface area contributed by atoms with Crippen LogP contribution in [0.25, 0.3) is 6.08 Å². The normalized spacial score (nSPS) is 19.3. The first kappa shape index (κ1) is 56.0. The number of anilines is 1. The maximum Gasteiger partial charge on any atom is 0.335 e. The van der Waals surface area contributed by atoms with Crippen LogP contribution >= 0.6 is 0 Å². The minimum absolute atomic E-state index is 0.0126. The molecule has 3 heterocycles. The number of nitrogens with one attached hydrogen (secondary N) is 2. The fourth-order valence-corrected chi connectivity index (χ4v) is 8.01. The summed E-state index contributed by atoms with van der Waals surface area (Å²) in [5.74, 6) is -1.73. The number of ketones is 2. The number of amides is 3. The number of hydrogen-bond donors (Lipinski definition) is 6. The zero-order chi connectivity index (χ0) is 51.0. The van der Waals surface area contributed by atoms with Crippen molar-refractivity contribution in [3.63, 3.8) is 0 Å². The van der Waals surface area contributed by atoms with Gasteiger partial charge in [0.05, 0.1) is 45.3 Å². The molecule has 2 aliphatic rings. The highest BCUT2D eigenvalue weighted by Gasteiger charge is 2.48. The number of carboxylic acids is 1. The number of carbonyl (C=O) groups is 6. The van der Waals surface area contributed by atoms with Gasteiger partial charge >= 0.3 is 5.97 Å². The second-order valence-electron chi connectivity index (χ2n) is 17.7. The van der Waals surface area contributed by atoms with Crippen LogP contribution in [0.2, 0.25) is 0 Å². The molecule has 19 nitrogen and oxygen atoms in total. The number of aromatic nitrogens is 1. The minimum Gasteiger partial charge on any atom is -0.479 e. The number of carboxylic acid groups (broad SMARTS) is 1. The Labute approximate surface area is 414 Å². The lowest BCUT2D eigenvalue weighted by Crippen LogP contribution is -2.61. The molecule has 386 valence electrons. The number of pyridine rings is 1. The average Bonchev–Trinajstić information content (AvgIpc) is 3.35. The van der Waals surface area contributed by atoms with Gasteiger partial charge in [-0.2, -0.15) is 0 Å². The van der Waals surface area contributed by atoms with E-state index in [0.29, 0.717) is 57.3 Å². The van der Waals surface area contributed by atoms with E-state index in [4.69, 9.17) is 23.7 Å². The predicted molar refractivity (Wildman–Crippen MR) is 258 cm³/mol. The number of rotatable bonds is 30. The summed E-state index contributed by atoms with van der Waals surface area (Å²) >= 11 is 0. The molecule has 3 amide bonds. The summed E-state index contributed by atoms with van der Waals surface area (Å²) in [6.45, 7) is 5.07. The van der Waals surface area contributed by atoms with Gasteiger partial charge in [0.15, 0.2) is 30.8 Å². The van der Waals surface area contributed by atoms with Crippen molar-refractivity contribution in [1.29, 1.82) is 0 Å². The maximum atomic E-state index is 13.2. The molecule has 0 unspecified atom stereocenters. The highest BCUT2D eigenvalue weighted by molar-refractivity contribution is 5.94. The van der Waals surface area contributed by atoms with Crippen molar-refractivity contribution in [2.24, 2.45) is 5.92 Å². The molecule has 0 spiro atoms. The molecule has 0 aliphatic carbocycles. The number of likely N-dealkylation sites (tertiary alicyclic amines) is 1. The third-order valence-electron chi connectivity index (χ3n) is 12.0. The highest BCUT2D eigenvalue weighted by atomic mass is 16.7. The smallest absolute Gasteiger partial charge is 0.335 e. The first-order chi connectivity index (χ1) is 34.3. The van der Waals surface area contributed by atoms with Crippen LogP contribution in [-0.4, -0.2) is 151 Å². The van der Waals surface area contributed by atoms with Gasteiger partial charge in [0.25, 0.3) is 5.91 Å². The molecule has 5 atom stereocenters. The van der Waals surface area contributed by atoms with E-state index in [-0.39, 0.29) is 67.4 Å². The van der Waals surface area contributed by atoms with E-state index in [2.05, 4.69) is 10.6 Å². The van der Waals surface area contributed by atoms with Gasteiger partial charge in [-0.1, -0.05) is 37.5 Å². The molecule has 0 saturated carbocycles. The quantitative estimate of drug-likeness (QED) is 0.0318. The lowest BCUT2D eigenvalue weighted by molar-refractivity contribution is -0.688. The number of unbranched alkanes of at least 4 members (excludes halogenated alkanes) is 2. The van der Waals surface area contributed by atoms with Gasteiger partial charge < -0.3 is 59.6 Å². The molecule has 19 heteroatoms. The number of carbonyl (C=O) groups excluding carboxylic acids is 5. The van der Waals surface area contributed by atoms with Crippen LogP contribution < -0.4 is 19.9 Å². The van der Waals surface area contributed by atoms with Crippen LogP contribution in [0.3, 0.4) is 0 Å². The number of Topliss-reactive ketones (excluding diaryl/α,β-unsaturated/α-hetero) is 1. The molecule has 5 rings (SSSR count). The Balaban J connectivity index is 1.08. The average molecular weight is 990 g/mol. The Bertz CT molecular complexity index is 2220. The van der Waals surface area contributed by atoms with Crippen molar-refractivity contribution in [1.82, 2.24) is 10.2 Å². The van der Waals surface area contributed by atoms with E-state index in [1.54, 1.807) is 24.3 Å². The van der Waals surface area contributed by atoms with Crippen LogP contribution in [0.1, 0.15) is 92.6 Å². The van der Waals surface area contributed by atoms with Gasteiger partial charge in [0.1, 0.15) is 29.8 Å². The van der Waals surface area contributed by atoms with Gasteiger partial charge in [-0.15, -0.1) is 0 Å². The molecule has 0 radical (unpaired) electrons. The molecule has 2 aromatic carbocycles. The molecule has 6 N–H and O–H groups in total. The summed E-state index contributed by atoms with van der Waals surface area (Å²) in [6.07, 6.45) is 4.25. The van der Waals surface area contributed by atoms with Gasteiger partial charge in [0, 0.05) is 68.1 Å². The van der Waals surface area contributed by atoms with Gasteiger partial charge in [-0.3, -0.25) is 24.0 Å². The van der Waals surface area contributed by atoms with Gasteiger partial charge in [-0.25, -0.2) is 9.36 Å². The summed E-state index contributed by atoms with van der Waals surface area (Å²) < 4.78 is 29.1. The number of aliphatic hydroxyl groups is 3. The van der Waals surface area contributed by atoms with E-state index in [9.17, 15) is 49.2 Å². The number of allylic oxidation sites excluding steroid dienone is 1. The van der Waals surface area contributed by atoms with Crippen LogP contribution in [0.15, 0.2) is 79.1 Å². The standard InChI is InChI=1S/C52H68N4O15/c1-36(57)21-27-67-29-31-69-32-30-68-28-22-44(59)53-23-18-45(60)54-42-33-39(15-17-43(42)70-52-48(63)46(61)47(62)49(71-52)51(65)66)35-55-24-8-10-38(34-55)14-16-41(58)13-7-2-4-9-37-19-25-56(26-20-37)50(64)40-11-5-3-6-12-40/h3,5-6,8,10-12,14-17,24,33-34,37,46-49,52,61-63H,2,4,7,9,13,18-23,25-32,35H2,1H3,(H2-,53,54,59,60,65,66)/p+1/b16-14+/t46-,47-,48+,49-,52+/m0/s1. The Morgan fingerprint density at radius 2 is 1.48 bits per heavy atom. The Morgan fingerprint density at radius 3 is 2.18 bits per heavy atom. The summed E-state index contributed by atoms with van der Waals surface area (Å²) in [6, 6.07) is 17.9.